The molecule has 0 spiro atoms. The molecule has 100 valence electrons. The Balaban J connectivity index is 2.04. The largest absolute Gasteiger partial charge is 0.337 e. The van der Waals surface area contributed by atoms with E-state index in [0.29, 0.717) is 0 Å². The molecule has 0 saturated heterocycles. The van der Waals surface area contributed by atoms with E-state index in [1.807, 2.05) is 19.4 Å². The third-order valence-corrected chi connectivity index (χ3v) is 4.55. The first-order valence-electron chi connectivity index (χ1n) is 6.98. The van der Waals surface area contributed by atoms with Gasteiger partial charge >= 0.3 is 0 Å². The van der Waals surface area contributed by atoms with E-state index in [1.165, 1.54) is 24.8 Å². The van der Waals surface area contributed by atoms with Gasteiger partial charge < -0.3 is 9.88 Å². The zero-order valence-electron chi connectivity index (χ0n) is 11.6. The second-order valence-electron chi connectivity index (χ2n) is 5.49. The average molecular weight is 255 g/mol. The standard InChI is InChI=1S/C16H21N3/c1-17-14(15-18-11-12-19(15)2)16(9-6-10-16)13-7-4-3-5-8-13/h3-5,7-8,11-12,14,17H,6,9-10H2,1-2H3. The average Bonchev–Trinajstić information content (AvgIpc) is 2.81. The third-order valence-electron chi connectivity index (χ3n) is 4.55. The Morgan fingerprint density at radius 1 is 1.26 bits per heavy atom. The van der Waals surface area contributed by atoms with E-state index in [1.54, 1.807) is 0 Å². The Bertz CT molecular complexity index is 540. The molecule has 3 heteroatoms. The second kappa shape index (κ2) is 4.82. The van der Waals surface area contributed by atoms with Crippen LogP contribution in [0.3, 0.4) is 0 Å². The minimum atomic E-state index is 0.203. The van der Waals surface area contributed by atoms with Gasteiger partial charge in [0, 0.05) is 24.9 Å². The SMILES string of the molecule is CNC(c1nccn1C)C1(c2ccccc2)CCC1. The van der Waals surface area contributed by atoms with E-state index in [9.17, 15) is 0 Å². The fourth-order valence-electron chi connectivity index (χ4n) is 3.38. The summed E-state index contributed by atoms with van der Waals surface area (Å²) in [6.45, 7) is 0. The van der Waals surface area contributed by atoms with E-state index >= 15 is 0 Å². The van der Waals surface area contributed by atoms with Crippen LogP contribution in [0.2, 0.25) is 0 Å². The summed E-state index contributed by atoms with van der Waals surface area (Å²) in [5.41, 5.74) is 1.64. The van der Waals surface area contributed by atoms with Crippen LogP contribution in [0.25, 0.3) is 0 Å². The third kappa shape index (κ3) is 1.89. The second-order valence-corrected chi connectivity index (χ2v) is 5.49. The lowest BCUT2D eigenvalue weighted by Gasteiger charge is -2.48. The fraction of sp³-hybridized carbons (Fsp3) is 0.438. The molecule has 3 nitrogen and oxygen atoms in total. The number of rotatable bonds is 4. The van der Waals surface area contributed by atoms with Crippen LogP contribution in [0, 0.1) is 0 Å². The van der Waals surface area contributed by atoms with Crippen LogP contribution in [0.1, 0.15) is 36.7 Å². The Labute approximate surface area is 114 Å². The smallest absolute Gasteiger partial charge is 0.126 e. The van der Waals surface area contributed by atoms with Crippen molar-refractivity contribution in [2.24, 2.45) is 7.05 Å². The Morgan fingerprint density at radius 2 is 2.00 bits per heavy atom. The molecule has 1 aromatic heterocycles. The van der Waals surface area contributed by atoms with Crippen LogP contribution in [-0.4, -0.2) is 16.6 Å². The maximum absolute atomic E-state index is 4.56. The number of hydrogen-bond acceptors (Lipinski definition) is 2. The van der Waals surface area contributed by atoms with E-state index in [0.717, 1.165) is 5.82 Å². The number of aromatic nitrogens is 2. The zero-order chi connectivity index (χ0) is 13.3. The van der Waals surface area contributed by atoms with Crippen LogP contribution in [0.15, 0.2) is 42.7 Å². The van der Waals surface area contributed by atoms with Crippen molar-refractivity contribution in [1.82, 2.24) is 14.9 Å². The van der Waals surface area contributed by atoms with Crippen LogP contribution in [0.4, 0.5) is 0 Å². The Hall–Kier alpha value is -1.61. The molecule has 1 aliphatic carbocycles. The molecular weight excluding hydrogens is 234 g/mol. The molecule has 1 aliphatic rings. The highest BCUT2D eigenvalue weighted by Crippen LogP contribution is 2.51. The van der Waals surface area contributed by atoms with Gasteiger partial charge in [0.25, 0.3) is 0 Å². The lowest BCUT2D eigenvalue weighted by Crippen LogP contribution is -2.46. The van der Waals surface area contributed by atoms with Gasteiger partial charge in [0.1, 0.15) is 5.82 Å². The van der Waals surface area contributed by atoms with Gasteiger partial charge in [0.2, 0.25) is 0 Å². The quantitative estimate of drug-likeness (QED) is 0.910. The van der Waals surface area contributed by atoms with Gasteiger partial charge in [0.05, 0.1) is 6.04 Å². The van der Waals surface area contributed by atoms with Crippen LogP contribution < -0.4 is 5.32 Å². The van der Waals surface area contributed by atoms with Gasteiger partial charge in [-0.15, -0.1) is 0 Å². The molecule has 1 N–H and O–H groups in total. The summed E-state index contributed by atoms with van der Waals surface area (Å²) >= 11 is 0. The lowest BCUT2D eigenvalue weighted by molar-refractivity contribution is 0.168. The molecule has 0 bridgehead atoms. The predicted octanol–water partition coefficient (Wildman–Crippen LogP) is 2.80. The van der Waals surface area contributed by atoms with Gasteiger partial charge in [0.15, 0.2) is 0 Å². The summed E-state index contributed by atoms with van der Waals surface area (Å²) in [6.07, 6.45) is 7.68. The van der Waals surface area contributed by atoms with Crippen molar-refractivity contribution in [3.8, 4) is 0 Å². The van der Waals surface area contributed by atoms with E-state index in [2.05, 4.69) is 52.2 Å². The molecule has 2 aromatic rings. The maximum atomic E-state index is 4.56. The summed E-state index contributed by atoms with van der Waals surface area (Å²) in [6, 6.07) is 11.2. The molecule has 3 rings (SSSR count). The molecule has 0 aliphatic heterocycles. The van der Waals surface area contributed by atoms with Crippen molar-refractivity contribution in [1.29, 1.82) is 0 Å². The van der Waals surface area contributed by atoms with Crippen molar-refractivity contribution in [2.45, 2.75) is 30.7 Å². The first-order valence-corrected chi connectivity index (χ1v) is 6.98. The molecule has 1 saturated carbocycles. The Morgan fingerprint density at radius 3 is 2.47 bits per heavy atom. The number of imidazole rings is 1. The van der Waals surface area contributed by atoms with Gasteiger partial charge in [-0.25, -0.2) is 4.98 Å². The minimum absolute atomic E-state index is 0.203. The first kappa shape index (κ1) is 12.4. The Kier molecular flexibility index (Phi) is 3.15. The number of aryl methyl sites for hydroxylation is 1. The zero-order valence-corrected chi connectivity index (χ0v) is 11.6. The van der Waals surface area contributed by atoms with E-state index in [4.69, 9.17) is 0 Å². The normalized spacial score (nSPS) is 18.8. The van der Waals surface area contributed by atoms with Crippen molar-refractivity contribution < 1.29 is 0 Å². The molecule has 1 fully saturated rings. The molecule has 1 heterocycles. The summed E-state index contributed by atoms with van der Waals surface area (Å²) in [7, 11) is 4.12. The van der Waals surface area contributed by atoms with Crippen LogP contribution in [-0.2, 0) is 12.5 Å². The number of likely N-dealkylation sites (N-methyl/N-ethyl adjacent to an activating group) is 1. The monoisotopic (exact) mass is 255 g/mol. The van der Waals surface area contributed by atoms with Crippen LogP contribution >= 0.6 is 0 Å². The molecule has 0 amide bonds. The number of nitrogens with one attached hydrogen (secondary N) is 1. The molecular formula is C16H21N3. The molecule has 1 unspecified atom stereocenters. The first-order chi connectivity index (χ1) is 9.28. The van der Waals surface area contributed by atoms with Gasteiger partial charge in [-0.2, -0.15) is 0 Å². The number of nitrogens with zero attached hydrogens (tertiary/aromatic N) is 2. The van der Waals surface area contributed by atoms with Gasteiger partial charge in [-0.05, 0) is 25.5 Å². The number of hydrogen-bond donors (Lipinski definition) is 1. The molecule has 19 heavy (non-hydrogen) atoms. The summed E-state index contributed by atoms with van der Waals surface area (Å²) in [5.74, 6) is 1.13. The van der Waals surface area contributed by atoms with Crippen molar-refractivity contribution in [3.63, 3.8) is 0 Å². The highest BCUT2D eigenvalue weighted by atomic mass is 15.1. The summed E-state index contributed by atoms with van der Waals surface area (Å²) in [4.78, 5) is 4.56. The highest BCUT2D eigenvalue weighted by molar-refractivity contribution is 5.32. The fourth-order valence-corrected chi connectivity index (χ4v) is 3.38. The number of benzene rings is 1. The van der Waals surface area contributed by atoms with Crippen molar-refractivity contribution in [2.75, 3.05) is 7.05 Å². The molecule has 1 aromatic carbocycles. The van der Waals surface area contributed by atoms with Crippen molar-refractivity contribution in [3.05, 3.63) is 54.1 Å². The molecule has 1 atom stereocenters. The van der Waals surface area contributed by atoms with Crippen molar-refractivity contribution >= 4 is 0 Å². The highest BCUT2D eigenvalue weighted by Gasteiger charge is 2.46. The van der Waals surface area contributed by atoms with Gasteiger partial charge in [-0.3, -0.25) is 0 Å². The minimum Gasteiger partial charge on any atom is -0.337 e. The lowest BCUT2D eigenvalue weighted by atomic mass is 9.60. The van der Waals surface area contributed by atoms with Crippen LogP contribution in [0.5, 0.6) is 0 Å². The summed E-state index contributed by atoms with van der Waals surface area (Å²) in [5, 5.41) is 3.50. The van der Waals surface area contributed by atoms with E-state index < -0.39 is 0 Å². The van der Waals surface area contributed by atoms with E-state index in [-0.39, 0.29) is 11.5 Å². The maximum Gasteiger partial charge on any atom is 0.126 e. The summed E-state index contributed by atoms with van der Waals surface area (Å²) < 4.78 is 2.13. The molecule has 0 radical (unpaired) electrons. The van der Waals surface area contributed by atoms with Gasteiger partial charge in [-0.1, -0.05) is 36.8 Å². The topological polar surface area (TPSA) is 29.9 Å². The predicted molar refractivity (Wildman–Crippen MR) is 77.0 cm³/mol.